The summed E-state index contributed by atoms with van der Waals surface area (Å²) in [5, 5.41) is 8.50. The van der Waals surface area contributed by atoms with Gasteiger partial charge in [0.05, 0.1) is 5.41 Å². The Morgan fingerprint density at radius 3 is 2.70 bits per heavy atom. The molecule has 0 aromatic carbocycles. The first kappa shape index (κ1) is 7.05. The summed E-state index contributed by atoms with van der Waals surface area (Å²) in [6.45, 7) is 2.56. The monoisotopic (exact) mass is 147 g/mol. The second kappa shape index (κ2) is 3.20. The average molecular weight is 147 g/mol. The van der Waals surface area contributed by atoms with Crippen LogP contribution in [-0.2, 0) is 14.3 Å². The Labute approximate surface area is 60.2 Å². The highest BCUT2D eigenvalue weighted by atomic mass is 16.5. The summed E-state index contributed by atoms with van der Waals surface area (Å²) in [5.41, 5.74) is -1.11. The molecule has 0 spiro atoms. The van der Waals surface area contributed by atoms with E-state index >= 15 is 0 Å². The first-order valence-corrected chi connectivity index (χ1v) is 2.73. The number of hydrogen-bond acceptors (Lipinski definition) is 3. The van der Waals surface area contributed by atoms with Gasteiger partial charge in [-0.05, 0) is 13.8 Å². The molecule has 0 fully saturated rings. The fourth-order valence-electron chi connectivity index (χ4n) is 0.272. The summed E-state index contributed by atoms with van der Waals surface area (Å²) in [6, 6.07) is 0. The number of ether oxygens (including phenoxy) is 1. The molecular formula is C6H10O4. The molecular weight excluding hydrogens is 136 g/mol. The zero-order chi connectivity index (χ0) is 9.07. The molecule has 0 heterocycles. The normalized spacial score (nSPS) is 12.0. The molecule has 0 bridgehead atoms. The molecule has 0 saturated carbocycles. The van der Waals surface area contributed by atoms with E-state index in [1.165, 1.54) is 13.8 Å². The van der Waals surface area contributed by atoms with E-state index in [1.807, 2.05) is 0 Å². The lowest BCUT2D eigenvalue weighted by atomic mass is 9.95. The first-order valence-electron chi connectivity index (χ1n) is 3.23. The van der Waals surface area contributed by atoms with Gasteiger partial charge in [0.15, 0.2) is 1.37 Å². The van der Waals surface area contributed by atoms with E-state index < -0.39 is 17.8 Å². The topological polar surface area (TPSA) is 63.6 Å². The number of aliphatic carboxylic acids is 1. The lowest BCUT2D eigenvalue weighted by Gasteiger charge is -2.16. The van der Waals surface area contributed by atoms with Crippen LogP contribution in [0, 0.1) is 5.41 Å². The number of carboxylic acid groups (broad SMARTS) is 1. The van der Waals surface area contributed by atoms with Crippen molar-refractivity contribution in [2.75, 3.05) is 6.61 Å². The zero-order valence-corrected chi connectivity index (χ0v) is 5.88. The van der Waals surface area contributed by atoms with Gasteiger partial charge in [0.2, 0.25) is 0 Å². The minimum absolute atomic E-state index is 0.273. The van der Waals surface area contributed by atoms with Gasteiger partial charge in [-0.3, -0.25) is 9.59 Å². The highest BCUT2D eigenvalue weighted by Crippen LogP contribution is 2.14. The summed E-state index contributed by atoms with van der Waals surface area (Å²) >= 11 is 0. The molecule has 0 atom stereocenters. The van der Waals surface area contributed by atoms with Crippen molar-refractivity contribution in [3.63, 3.8) is 0 Å². The van der Waals surface area contributed by atoms with E-state index in [-0.39, 0.29) is 6.61 Å². The third-order valence-electron chi connectivity index (χ3n) is 1.07. The molecule has 4 heteroatoms. The molecule has 0 aliphatic rings. The Morgan fingerprint density at radius 1 is 1.90 bits per heavy atom. The third kappa shape index (κ3) is 2.48. The van der Waals surface area contributed by atoms with Gasteiger partial charge in [0.1, 0.15) is 6.61 Å². The maximum atomic E-state index is 10.4. The standard InChI is InChI=1S/C6H10O4/c1-6(2,5(8)9)3-10-4-7/h4H,3H2,1-2H3,(H,8,9)/i4D. The second-order valence-corrected chi connectivity index (χ2v) is 2.56. The fraction of sp³-hybridized carbons (Fsp3) is 0.667. The third-order valence-corrected chi connectivity index (χ3v) is 1.07. The SMILES string of the molecule is [2H]C(=O)OCC(C)(C)C(=O)O. The Balaban J connectivity index is 3.92. The lowest BCUT2D eigenvalue weighted by Crippen LogP contribution is -2.28. The van der Waals surface area contributed by atoms with Crippen molar-refractivity contribution in [3.8, 4) is 0 Å². The Kier molecular flexibility index (Phi) is 2.25. The van der Waals surface area contributed by atoms with Gasteiger partial charge < -0.3 is 9.84 Å². The summed E-state index contributed by atoms with van der Waals surface area (Å²) in [4.78, 5) is 20.3. The molecule has 0 saturated heterocycles. The molecule has 0 rings (SSSR count). The van der Waals surface area contributed by atoms with Crippen molar-refractivity contribution in [1.82, 2.24) is 0 Å². The van der Waals surface area contributed by atoms with Gasteiger partial charge in [0, 0.05) is 0 Å². The van der Waals surface area contributed by atoms with Gasteiger partial charge in [-0.1, -0.05) is 0 Å². The Morgan fingerprint density at radius 2 is 2.40 bits per heavy atom. The van der Waals surface area contributed by atoms with Crippen molar-refractivity contribution >= 4 is 12.4 Å². The average Bonchev–Trinajstić information content (AvgIpc) is 1.84. The van der Waals surface area contributed by atoms with Gasteiger partial charge >= 0.3 is 5.97 Å². The predicted molar refractivity (Wildman–Crippen MR) is 33.4 cm³/mol. The number of carboxylic acids is 1. The van der Waals surface area contributed by atoms with Gasteiger partial charge in [-0.2, -0.15) is 0 Å². The van der Waals surface area contributed by atoms with Gasteiger partial charge in [-0.25, -0.2) is 0 Å². The van der Waals surface area contributed by atoms with E-state index in [0.717, 1.165) is 0 Å². The van der Waals surface area contributed by atoms with E-state index in [1.54, 1.807) is 0 Å². The highest BCUT2D eigenvalue weighted by Gasteiger charge is 2.27. The number of rotatable bonds is 3. The summed E-state index contributed by atoms with van der Waals surface area (Å²) < 4.78 is 10.6. The number of carbonyl (C=O) groups is 2. The highest BCUT2D eigenvalue weighted by molar-refractivity contribution is 5.73. The molecule has 0 aromatic rings. The van der Waals surface area contributed by atoms with Crippen LogP contribution >= 0.6 is 0 Å². The maximum absolute atomic E-state index is 10.4. The van der Waals surface area contributed by atoms with Gasteiger partial charge in [-0.15, -0.1) is 0 Å². The Hall–Kier alpha value is -1.06. The molecule has 0 amide bonds. The molecule has 58 valence electrons. The zero-order valence-electron chi connectivity index (χ0n) is 6.88. The molecule has 0 aliphatic carbocycles. The van der Waals surface area contributed by atoms with Crippen LogP contribution in [0.1, 0.15) is 15.2 Å². The van der Waals surface area contributed by atoms with Crippen LogP contribution in [0.3, 0.4) is 0 Å². The summed E-state index contributed by atoms with van der Waals surface area (Å²) in [7, 11) is 0. The summed E-state index contributed by atoms with van der Waals surface area (Å²) in [5.74, 6) is -1.06. The van der Waals surface area contributed by atoms with Crippen LogP contribution in [0.15, 0.2) is 0 Å². The number of hydrogen-bond donors (Lipinski definition) is 1. The molecule has 4 nitrogen and oxygen atoms in total. The van der Waals surface area contributed by atoms with Gasteiger partial charge in [0.25, 0.3) is 6.45 Å². The minimum Gasteiger partial charge on any atom is -0.481 e. The number of carbonyl (C=O) groups excluding carboxylic acids is 1. The van der Waals surface area contributed by atoms with Crippen molar-refractivity contribution in [2.45, 2.75) is 13.8 Å². The molecule has 0 aliphatic heterocycles. The quantitative estimate of drug-likeness (QED) is 0.582. The van der Waals surface area contributed by atoms with Crippen LogP contribution in [-0.4, -0.2) is 24.1 Å². The molecule has 1 N–H and O–H groups in total. The smallest absolute Gasteiger partial charge is 0.312 e. The lowest BCUT2D eigenvalue weighted by molar-refractivity contribution is -0.152. The second-order valence-electron chi connectivity index (χ2n) is 2.56. The van der Waals surface area contributed by atoms with Crippen LogP contribution in [0.5, 0.6) is 0 Å². The van der Waals surface area contributed by atoms with E-state index in [9.17, 15) is 9.59 Å². The maximum Gasteiger partial charge on any atom is 0.312 e. The van der Waals surface area contributed by atoms with E-state index in [2.05, 4.69) is 4.74 Å². The molecule has 0 unspecified atom stereocenters. The van der Waals surface area contributed by atoms with Crippen LogP contribution < -0.4 is 0 Å². The van der Waals surface area contributed by atoms with Crippen molar-refractivity contribution in [3.05, 3.63) is 0 Å². The minimum atomic E-state index is -1.21. The Bertz CT molecular complexity index is 175. The van der Waals surface area contributed by atoms with Crippen molar-refractivity contribution in [1.29, 1.82) is 0 Å². The van der Waals surface area contributed by atoms with Crippen LogP contribution in [0.2, 0.25) is 0 Å². The van der Waals surface area contributed by atoms with Crippen molar-refractivity contribution in [2.24, 2.45) is 5.41 Å². The predicted octanol–water partition coefficient (Wildman–Crippen LogP) is 0.270. The van der Waals surface area contributed by atoms with Crippen LogP contribution in [0.25, 0.3) is 0 Å². The fourth-order valence-corrected chi connectivity index (χ4v) is 0.272. The molecule has 0 radical (unpaired) electrons. The summed E-state index contributed by atoms with van der Waals surface area (Å²) in [6.07, 6.45) is -1.21. The largest absolute Gasteiger partial charge is 0.481 e. The first-order chi connectivity index (χ1) is 4.86. The molecule has 10 heavy (non-hydrogen) atoms. The van der Waals surface area contributed by atoms with E-state index in [4.69, 9.17) is 6.48 Å². The van der Waals surface area contributed by atoms with Crippen LogP contribution in [0.4, 0.5) is 0 Å². The molecule has 0 aromatic heterocycles. The van der Waals surface area contributed by atoms with E-state index in [0.29, 0.717) is 0 Å². The van der Waals surface area contributed by atoms with Crippen molar-refractivity contribution < 1.29 is 20.8 Å².